The molecule has 1 saturated heterocycles. The Labute approximate surface area is 174 Å². The van der Waals surface area contributed by atoms with Gasteiger partial charge in [0.05, 0.1) is 19.3 Å². The van der Waals surface area contributed by atoms with Crippen LogP contribution < -0.4 is 10.6 Å². The predicted molar refractivity (Wildman–Crippen MR) is 116 cm³/mol. The third-order valence-corrected chi connectivity index (χ3v) is 4.89. The lowest BCUT2D eigenvalue weighted by molar-refractivity contribution is 0.0170. The lowest BCUT2D eigenvalue weighted by Crippen LogP contribution is -2.46. The van der Waals surface area contributed by atoms with E-state index >= 15 is 0 Å². The highest BCUT2D eigenvalue weighted by Crippen LogP contribution is 2.23. The molecule has 1 aliphatic rings. The van der Waals surface area contributed by atoms with E-state index in [1.54, 1.807) is 7.05 Å². The molecule has 0 aromatic heterocycles. The molecule has 1 aromatic rings. The fourth-order valence-electron chi connectivity index (χ4n) is 3.15. The lowest BCUT2D eigenvalue weighted by atomic mass is 10.0. The lowest BCUT2D eigenvalue weighted by Gasteiger charge is -2.35. The summed E-state index contributed by atoms with van der Waals surface area (Å²) in [6, 6.07) is 8.36. The number of hydrogen-bond acceptors (Lipinski definition) is 4. The highest BCUT2D eigenvalue weighted by atomic mass is 35.5. The van der Waals surface area contributed by atoms with Crippen molar-refractivity contribution in [3.63, 3.8) is 0 Å². The van der Waals surface area contributed by atoms with Gasteiger partial charge in [-0.2, -0.15) is 0 Å². The van der Waals surface area contributed by atoms with Gasteiger partial charge in [-0.1, -0.05) is 37.6 Å². The molecule has 6 nitrogen and oxygen atoms in total. The molecule has 158 valence electrons. The minimum atomic E-state index is 0.245. The normalized spacial score (nSPS) is 17.0. The first kappa shape index (κ1) is 22.9. The van der Waals surface area contributed by atoms with Gasteiger partial charge in [0.15, 0.2) is 5.96 Å². The number of halogens is 1. The Kier molecular flexibility index (Phi) is 10.6. The maximum Gasteiger partial charge on any atom is 0.191 e. The molecule has 0 bridgehead atoms. The van der Waals surface area contributed by atoms with Gasteiger partial charge in [-0.15, -0.1) is 0 Å². The first-order valence-electron chi connectivity index (χ1n) is 10.2. The number of morpholine rings is 1. The topological polar surface area (TPSA) is 58.1 Å². The van der Waals surface area contributed by atoms with Gasteiger partial charge in [0.1, 0.15) is 0 Å². The largest absolute Gasteiger partial charge is 0.381 e. The molecule has 2 rings (SSSR count). The van der Waals surface area contributed by atoms with E-state index in [0.717, 1.165) is 70.0 Å². The minimum absolute atomic E-state index is 0.245. The van der Waals surface area contributed by atoms with Crippen molar-refractivity contribution < 1.29 is 9.47 Å². The van der Waals surface area contributed by atoms with E-state index in [2.05, 4.69) is 46.5 Å². The molecule has 7 heteroatoms. The Bertz CT molecular complexity index is 574. The molecule has 1 aliphatic heterocycles. The number of hydrogen-bond donors (Lipinski definition) is 2. The molecule has 1 fully saturated rings. The quantitative estimate of drug-likeness (QED) is 0.353. The summed E-state index contributed by atoms with van der Waals surface area (Å²) in [6.07, 6.45) is 0.956. The summed E-state index contributed by atoms with van der Waals surface area (Å²) in [7, 11) is 1.80. The molecule has 2 N–H and O–H groups in total. The van der Waals surface area contributed by atoms with Crippen LogP contribution in [0.5, 0.6) is 0 Å². The molecule has 1 heterocycles. The van der Waals surface area contributed by atoms with Crippen molar-refractivity contribution in [2.75, 3.05) is 59.7 Å². The Balaban J connectivity index is 1.83. The van der Waals surface area contributed by atoms with Crippen LogP contribution in [0, 0.1) is 5.92 Å². The van der Waals surface area contributed by atoms with Crippen LogP contribution >= 0.6 is 11.6 Å². The monoisotopic (exact) mass is 410 g/mol. The zero-order valence-electron chi connectivity index (χ0n) is 17.4. The Hall–Kier alpha value is -1.34. The molecule has 28 heavy (non-hydrogen) atoms. The minimum Gasteiger partial charge on any atom is -0.381 e. The highest BCUT2D eigenvalue weighted by molar-refractivity contribution is 6.30. The fraction of sp³-hybridized carbons (Fsp3) is 0.667. The maximum atomic E-state index is 6.07. The SMILES string of the molecule is CN=C(NCCCOCC(C)C)NCC(c1ccc(Cl)cc1)N1CCOCC1. The van der Waals surface area contributed by atoms with E-state index in [9.17, 15) is 0 Å². The smallest absolute Gasteiger partial charge is 0.191 e. The Morgan fingerprint density at radius 3 is 2.57 bits per heavy atom. The number of aliphatic imine (C=N–C) groups is 1. The van der Waals surface area contributed by atoms with Crippen molar-refractivity contribution in [1.29, 1.82) is 0 Å². The summed E-state index contributed by atoms with van der Waals surface area (Å²) in [4.78, 5) is 6.80. The third kappa shape index (κ3) is 8.35. The van der Waals surface area contributed by atoms with Crippen molar-refractivity contribution in [2.24, 2.45) is 10.9 Å². The first-order valence-corrected chi connectivity index (χ1v) is 10.6. The molecule has 1 aromatic carbocycles. The molecule has 0 amide bonds. The predicted octanol–water partition coefficient (Wildman–Crippen LogP) is 2.94. The Morgan fingerprint density at radius 1 is 1.21 bits per heavy atom. The van der Waals surface area contributed by atoms with Gasteiger partial charge in [-0.3, -0.25) is 9.89 Å². The number of ether oxygens (including phenoxy) is 2. The summed E-state index contributed by atoms with van der Waals surface area (Å²) < 4.78 is 11.1. The second-order valence-corrected chi connectivity index (χ2v) is 7.85. The van der Waals surface area contributed by atoms with E-state index in [1.165, 1.54) is 5.56 Å². The number of rotatable bonds is 10. The molecule has 0 aliphatic carbocycles. The van der Waals surface area contributed by atoms with Crippen molar-refractivity contribution in [2.45, 2.75) is 26.3 Å². The molecule has 1 unspecified atom stereocenters. The van der Waals surface area contributed by atoms with Crippen molar-refractivity contribution >= 4 is 17.6 Å². The third-order valence-electron chi connectivity index (χ3n) is 4.64. The summed E-state index contributed by atoms with van der Waals surface area (Å²) >= 11 is 6.07. The molecule has 1 atom stereocenters. The van der Waals surface area contributed by atoms with Crippen molar-refractivity contribution in [3.05, 3.63) is 34.9 Å². The summed E-state index contributed by atoms with van der Waals surface area (Å²) in [5, 5.41) is 7.60. The van der Waals surface area contributed by atoms with E-state index < -0.39 is 0 Å². The van der Waals surface area contributed by atoms with Crippen LogP contribution in [-0.2, 0) is 9.47 Å². The van der Waals surface area contributed by atoms with Gasteiger partial charge in [-0.05, 0) is 30.0 Å². The number of nitrogens with zero attached hydrogens (tertiary/aromatic N) is 2. The highest BCUT2D eigenvalue weighted by Gasteiger charge is 2.22. The molecule has 0 radical (unpaired) electrons. The van der Waals surface area contributed by atoms with Crippen LogP contribution in [0.25, 0.3) is 0 Å². The van der Waals surface area contributed by atoms with Gasteiger partial charge in [-0.25, -0.2) is 0 Å². The van der Waals surface area contributed by atoms with Gasteiger partial charge in [0.25, 0.3) is 0 Å². The first-order chi connectivity index (χ1) is 13.6. The van der Waals surface area contributed by atoms with Gasteiger partial charge in [0.2, 0.25) is 0 Å². The van der Waals surface area contributed by atoms with Crippen molar-refractivity contribution in [1.82, 2.24) is 15.5 Å². The van der Waals surface area contributed by atoms with Crippen LogP contribution in [0.4, 0.5) is 0 Å². The fourth-order valence-corrected chi connectivity index (χ4v) is 3.27. The average molecular weight is 411 g/mol. The standard InChI is InChI=1S/C21H35ClN4O2/c1-17(2)16-28-12-4-9-24-21(23-3)25-15-20(26-10-13-27-14-11-26)18-5-7-19(22)8-6-18/h5-8,17,20H,4,9-16H2,1-3H3,(H2,23,24,25). The second kappa shape index (κ2) is 13.0. The van der Waals surface area contributed by atoms with E-state index in [-0.39, 0.29) is 6.04 Å². The van der Waals surface area contributed by atoms with Crippen molar-refractivity contribution in [3.8, 4) is 0 Å². The average Bonchev–Trinajstić information content (AvgIpc) is 2.71. The Morgan fingerprint density at radius 2 is 1.93 bits per heavy atom. The number of benzene rings is 1. The van der Waals surface area contributed by atoms with Gasteiger partial charge >= 0.3 is 0 Å². The van der Waals surface area contributed by atoms with Gasteiger partial charge in [0, 0.05) is 51.5 Å². The molecular weight excluding hydrogens is 376 g/mol. The van der Waals surface area contributed by atoms with E-state index in [4.69, 9.17) is 21.1 Å². The number of guanidine groups is 1. The molecule has 0 saturated carbocycles. The maximum absolute atomic E-state index is 6.07. The second-order valence-electron chi connectivity index (χ2n) is 7.42. The van der Waals surface area contributed by atoms with Crippen LogP contribution in [0.2, 0.25) is 5.02 Å². The van der Waals surface area contributed by atoms with E-state index in [0.29, 0.717) is 5.92 Å². The summed E-state index contributed by atoms with van der Waals surface area (Å²) in [6.45, 7) is 10.9. The molecule has 0 spiro atoms. The summed E-state index contributed by atoms with van der Waals surface area (Å²) in [5.41, 5.74) is 1.25. The molecular formula is C21H35ClN4O2. The van der Waals surface area contributed by atoms with Crippen LogP contribution in [0.15, 0.2) is 29.3 Å². The zero-order valence-corrected chi connectivity index (χ0v) is 18.2. The number of nitrogens with one attached hydrogen (secondary N) is 2. The zero-order chi connectivity index (χ0) is 20.2. The van der Waals surface area contributed by atoms with Crippen LogP contribution in [-0.4, -0.2) is 70.5 Å². The van der Waals surface area contributed by atoms with Crippen LogP contribution in [0.3, 0.4) is 0 Å². The summed E-state index contributed by atoms with van der Waals surface area (Å²) in [5.74, 6) is 1.39. The van der Waals surface area contributed by atoms with Crippen LogP contribution in [0.1, 0.15) is 31.9 Å². The van der Waals surface area contributed by atoms with E-state index in [1.807, 2.05) is 12.1 Å². The van der Waals surface area contributed by atoms with Gasteiger partial charge < -0.3 is 20.1 Å².